The topological polar surface area (TPSA) is 21.8 Å². The summed E-state index contributed by atoms with van der Waals surface area (Å²) in [5.74, 6) is 0. The summed E-state index contributed by atoms with van der Waals surface area (Å²) < 4.78 is 7.46. The highest BCUT2D eigenvalue weighted by Crippen LogP contribution is 2.81. The molecule has 0 bridgehead atoms. The largest absolute Gasteiger partial charge is 0.407 e. The first-order chi connectivity index (χ1) is 13.4. The zero-order chi connectivity index (χ0) is 19.6. The molecule has 0 aromatic heterocycles. The minimum atomic E-state index is -2.09. The molecule has 0 radical (unpaired) electrons. The van der Waals surface area contributed by atoms with Crippen molar-refractivity contribution in [2.75, 3.05) is 33.2 Å². The van der Waals surface area contributed by atoms with Crippen molar-refractivity contribution in [2.45, 2.75) is 20.8 Å². The third-order valence-corrected chi connectivity index (χ3v) is 9.59. The fraction of sp³-hybridized carbons (Fsp3) is 0.217. The van der Waals surface area contributed by atoms with Gasteiger partial charge in [-0.3, -0.25) is 0 Å². The molecule has 142 valence electrons. The zero-order valence-electron chi connectivity index (χ0n) is 17.1. The number of para-hydroxylation sites is 4. The van der Waals surface area contributed by atoms with E-state index in [1.54, 1.807) is 0 Å². The van der Waals surface area contributed by atoms with E-state index in [1.165, 1.54) is 45.1 Å². The molecule has 3 aromatic rings. The van der Waals surface area contributed by atoms with E-state index in [0.29, 0.717) is 0 Å². The lowest BCUT2D eigenvalue weighted by Gasteiger charge is -2.35. The van der Waals surface area contributed by atoms with E-state index in [-0.39, 0.29) is 0 Å². The lowest BCUT2D eigenvalue weighted by molar-refractivity contribution is 1.25. The quantitative estimate of drug-likeness (QED) is 0.509. The predicted octanol–water partition coefficient (Wildman–Crippen LogP) is 6.44. The Labute approximate surface area is 167 Å². The molecule has 2 heterocycles. The second-order valence-corrected chi connectivity index (χ2v) is 10.8. The van der Waals surface area contributed by atoms with Gasteiger partial charge in [-0.25, -0.2) is 5.09 Å². The summed E-state index contributed by atoms with van der Waals surface area (Å²) in [6, 6.07) is 22.0. The average Bonchev–Trinajstić information content (AvgIpc) is 3.08. The van der Waals surface area contributed by atoms with Gasteiger partial charge in [0.05, 0.1) is 5.69 Å². The van der Waals surface area contributed by atoms with Crippen molar-refractivity contribution in [1.29, 1.82) is 0 Å². The molecule has 5 rings (SSSR count). The summed E-state index contributed by atoms with van der Waals surface area (Å²) in [5, 5.41) is 4.06. The van der Waals surface area contributed by atoms with Gasteiger partial charge in [0.2, 0.25) is 0 Å². The average molecular weight is 389 g/mol. The number of rotatable bonds is 2. The maximum atomic E-state index is 4.06. The van der Waals surface area contributed by atoms with Crippen molar-refractivity contribution in [3.8, 4) is 0 Å². The summed E-state index contributed by atoms with van der Waals surface area (Å²) in [5.41, 5.74) is 10.2. The monoisotopic (exact) mass is 389 g/mol. The van der Waals surface area contributed by atoms with Crippen LogP contribution >= 0.6 is 7.87 Å². The molecular weight excluding hydrogens is 363 g/mol. The van der Waals surface area contributed by atoms with Gasteiger partial charge in [-0.1, -0.05) is 42.0 Å². The molecule has 4 nitrogen and oxygen atoms in total. The summed E-state index contributed by atoms with van der Waals surface area (Å²) in [6.07, 6.45) is 0. The molecule has 5 heteroatoms. The normalized spacial score (nSPS) is 16.1. The predicted molar refractivity (Wildman–Crippen MR) is 123 cm³/mol. The molecule has 0 saturated heterocycles. The maximum absolute atomic E-state index is 4.06. The zero-order valence-corrected chi connectivity index (χ0v) is 18.0. The molecule has 3 aromatic carbocycles. The standard InChI is InChI=1S/C23H26N4P/c1-16-14-17(2)23(18(3)15-16)24-28-25(4)19-10-6-8-12-21(19)27(28)22-13-9-7-11-20(22)26(28)5/h6-15,24H,1-5H3/q+1. The Bertz CT molecular complexity index is 1020. The molecule has 0 fully saturated rings. The van der Waals surface area contributed by atoms with Gasteiger partial charge in [0.1, 0.15) is 22.7 Å². The van der Waals surface area contributed by atoms with E-state index in [0.717, 1.165) is 0 Å². The van der Waals surface area contributed by atoms with Gasteiger partial charge in [-0.05, 0) is 56.2 Å². The highest BCUT2D eigenvalue weighted by atomic mass is 31.2. The van der Waals surface area contributed by atoms with Crippen LogP contribution in [0.25, 0.3) is 0 Å². The number of nitrogens with one attached hydrogen (secondary N) is 1. The minimum absolute atomic E-state index is 1.24. The summed E-state index contributed by atoms with van der Waals surface area (Å²) >= 11 is 0. The van der Waals surface area contributed by atoms with Crippen LogP contribution < -0.4 is 19.1 Å². The molecule has 0 saturated carbocycles. The Morgan fingerprint density at radius 2 is 1.11 bits per heavy atom. The molecule has 1 N–H and O–H groups in total. The van der Waals surface area contributed by atoms with Gasteiger partial charge >= 0.3 is 7.87 Å². The van der Waals surface area contributed by atoms with Crippen molar-refractivity contribution in [2.24, 2.45) is 0 Å². The third kappa shape index (κ3) is 2.10. The van der Waals surface area contributed by atoms with E-state index in [2.05, 4.69) is 115 Å². The van der Waals surface area contributed by atoms with Crippen LogP contribution in [0, 0.1) is 20.8 Å². The highest BCUT2D eigenvalue weighted by Gasteiger charge is 2.67. The Morgan fingerprint density at radius 3 is 1.57 bits per heavy atom. The van der Waals surface area contributed by atoms with Gasteiger partial charge in [-0.2, -0.15) is 14.0 Å². The molecule has 2 aliphatic heterocycles. The molecule has 0 aliphatic carbocycles. The van der Waals surface area contributed by atoms with Gasteiger partial charge in [0, 0.05) is 14.1 Å². The van der Waals surface area contributed by atoms with Crippen molar-refractivity contribution in [1.82, 2.24) is 0 Å². The molecule has 28 heavy (non-hydrogen) atoms. The molecule has 0 atom stereocenters. The Morgan fingerprint density at radius 1 is 0.679 bits per heavy atom. The van der Waals surface area contributed by atoms with E-state index < -0.39 is 7.87 Å². The van der Waals surface area contributed by atoms with Crippen LogP contribution in [0.4, 0.5) is 28.4 Å². The fourth-order valence-electron chi connectivity index (χ4n) is 4.74. The van der Waals surface area contributed by atoms with Crippen LogP contribution in [0.2, 0.25) is 0 Å². The first-order valence-electron chi connectivity index (χ1n) is 9.67. The van der Waals surface area contributed by atoms with Crippen LogP contribution in [0.15, 0.2) is 60.7 Å². The summed E-state index contributed by atoms with van der Waals surface area (Å²) in [6.45, 7) is 6.58. The van der Waals surface area contributed by atoms with Crippen LogP contribution in [-0.2, 0) is 0 Å². The molecule has 0 spiro atoms. The second kappa shape index (κ2) is 5.89. The van der Waals surface area contributed by atoms with Gasteiger partial charge < -0.3 is 0 Å². The van der Waals surface area contributed by atoms with E-state index >= 15 is 0 Å². The number of hydrogen-bond donors (Lipinski definition) is 1. The Balaban J connectivity index is 1.75. The van der Waals surface area contributed by atoms with Gasteiger partial charge in [-0.15, -0.1) is 0 Å². The van der Waals surface area contributed by atoms with Gasteiger partial charge in [0.25, 0.3) is 0 Å². The van der Waals surface area contributed by atoms with E-state index in [4.69, 9.17) is 0 Å². The molecule has 0 amide bonds. The number of aryl methyl sites for hydroxylation is 3. The lowest BCUT2D eigenvalue weighted by Crippen LogP contribution is -2.36. The number of hydrogen-bond acceptors (Lipinski definition) is 4. The summed E-state index contributed by atoms with van der Waals surface area (Å²) in [7, 11) is 2.35. The smallest absolute Gasteiger partial charge is 0.201 e. The maximum Gasteiger partial charge on any atom is 0.407 e. The number of anilines is 5. The number of fused-ring (bicyclic) bond motifs is 5. The second-order valence-electron chi connectivity index (χ2n) is 7.79. The van der Waals surface area contributed by atoms with Crippen LogP contribution in [0.3, 0.4) is 0 Å². The van der Waals surface area contributed by atoms with E-state index in [1.807, 2.05) is 0 Å². The van der Waals surface area contributed by atoms with Gasteiger partial charge in [0.15, 0.2) is 0 Å². The number of nitrogens with zero attached hydrogens (tertiary/aromatic N) is 3. The van der Waals surface area contributed by atoms with Crippen LogP contribution in [-0.4, -0.2) is 14.1 Å². The SMILES string of the molecule is Cc1cc(C)c(N[P+]23N(C)c4ccccc4N2c2ccccc2N3C)c(C)c1. The third-order valence-electron chi connectivity index (χ3n) is 5.97. The van der Waals surface area contributed by atoms with Crippen molar-refractivity contribution in [3.05, 3.63) is 77.4 Å². The first-order valence-corrected chi connectivity index (χ1v) is 11.3. The first kappa shape index (κ1) is 17.4. The highest BCUT2D eigenvalue weighted by molar-refractivity contribution is 7.83. The molecule has 2 aliphatic rings. The Hall–Kier alpha value is -2.71. The molecular formula is C23H26N4P+. The lowest BCUT2D eigenvalue weighted by atomic mass is 10.1. The van der Waals surface area contributed by atoms with Crippen molar-refractivity contribution >= 4 is 36.3 Å². The van der Waals surface area contributed by atoms with Crippen LogP contribution in [0.1, 0.15) is 16.7 Å². The van der Waals surface area contributed by atoms with Crippen LogP contribution in [0.5, 0.6) is 0 Å². The van der Waals surface area contributed by atoms with E-state index in [9.17, 15) is 0 Å². The van der Waals surface area contributed by atoms with Crippen molar-refractivity contribution < 1.29 is 0 Å². The van der Waals surface area contributed by atoms with Crippen molar-refractivity contribution in [3.63, 3.8) is 0 Å². The fourth-order valence-corrected chi connectivity index (χ4v) is 8.61. The summed E-state index contributed by atoms with van der Waals surface area (Å²) in [4.78, 5) is 0. The molecule has 0 unspecified atom stereocenters. The number of benzene rings is 3. The Kier molecular flexibility index (Phi) is 3.66. The minimum Gasteiger partial charge on any atom is -0.201 e.